The van der Waals surface area contributed by atoms with Crippen LogP contribution in [0.5, 0.6) is 0 Å². The lowest BCUT2D eigenvalue weighted by molar-refractivity contribution is 0.0884. The summed E-state index contributed by atoms with van der Waals surface area (Å²) in [6, 6.07) is 1.83. The fourth-order valence-corrected chi connectivity index (χ4v) is 1.47. The third-order valence-corrected chi connectivity index (χ3v) is 1.99. The molecule has 0 atom stereocenters. The lowest BCUT2D eigenvalue weighted by Crippen LogP contribution is -2.36. The normalized spacial score (nSPS) is 11.3. The van der Waals surface area contributed by atoms with Gasteiger partial charge in [0.05, 0.1) is 5.60 Å². The molecule has 0 saturated heterocycles. The smallest absolute Gasteiger partial charge is 0.224 e. The van der Waals surface area contributed by atoms with E-state index in [4.69, 9.17) is 0 Å². The lowest BCUT2D eigenvalue weighted by Gasteiger charge is -2.26. The number of hydrogen-bond acceptors (Lipinski definition) is 5. The van der Waals surface area contributed by atoms with Crippen molar-refractivity contribution in [2.75, 3.05) is 30.4 Å². The molecule has 0 amide bonds. The van der Waals surface area contributed by atoms with Crippen molar-refractivity contribution < 1.29 is 5.11 Å². The number of nitrogens with one attached hydrogen (secondary N) is 1. The minimum absolute atomic E-state index is 0.523. The Bertz CT molecular complexity index is 335. The Hall–Kier alpha value is -1.36. The zero-order chi connectivity index (χ0) is 12.2. The lowest BCUT2D eigenvalue weighted by atomic mass is 10.1. The van der Waals surface area contributed by atoms with Gasteiger partial charge in [0.25, 0.3) is 0 Å². The summed E-state index contributed by atoms with van der Waals surface area (Å²) in [6.07, 6.45) is 1.71. The molecule has 1 heterocycles. The molecule has 0 bridgehead atoms. The molecule has 16 heavy (non-hydrogen) atoms. The van der Waals surface area contributed by atoms with Gasteiger partial charge in [-0.05, 0) is 26.8 Å². The van der Waals surface area contributed by atoms with Crippen LogP contribution in [0.1, 0.15) is 20.8 Å². The Morgan fingerprint density at radius 3 is 2.75 bits per heavy atom. The van der Waals surface area contributed by atoms with E-state index in [0.717, 1.165) is 12.4 Å². The largest absolute Gasteiger partial charge is 0.389 e. The quantitative estimate of drug-likeness (QED) is 0.784. The van der Waals surface area contributed by atoms with Crippen LogP contribution in [-0.4, -0.2) is 40.8 Å². The number of rotatable bonds is 5. The minimum Gasteiger partial charge on any atom is -0.389 e. The molecule has 2 N–H and O–H groups in total. The van der Waals surface area contributed by atoms with Crippen LogP contribution in [0.4, 0.5) is 11.8 Å². The van der Waals surface area contributed by atoms with E-state index in [9.17, 15) is 5.11 Å². The zero-order valence-electron chi connectivity index (χ0n) is 10.4. The molecule has 0 unspecified atom stereocenters. The monoisotopic (exact) mass is 224 g/mol. The van der Waals surface area contributed by atoms with Crippen molar-refractivity contribution in [2.45, 2.75) is 26.4 Å². The fraction of sp³-hybridized carbons (Fsp3) is 0.636. The van der Waals surface area contributed by atoms with Gasteiger partial charge in [0, 0.05) is 26.3 Å². The summed E-state index contributed by atoms with van der Waals surface area (Å²) in [6.45, 7) is 6.86. The highest BCUT2D eigenvalue weighted by Gasteiger charge is 2.16. The van der Waals surface area contributed by atoms with Crippen molar-refractivity contribution in [2.24, 2.45) is 0 Å². The number of aromatic nitrogens is 2. The Balaban J connectivity index is 2.75. The van der Waals surface area contributed by atoms with Crippen LogP contribution in [0.2, 0.25) is 0 Å². The molecule has 1 rings (SSSR count). The maximum absolute atomic E-state index is 9.72. The van der Waals surface area contributed by atoms with Crippen LogP contribution in [0.3, 0.4) is 0 Å². The van der Waals surface area contributed by atoms with Gasteiger partial charge in [-0.3, -0.25) is 0 Å². The van der Waals surface area contributed by atoms with Gasteiger partial charge in [-0.25, -0.2) is 4.98 Å². The summed E-state index contributed by atoms with van der Waals surface area (Å²) in [5.74, 6) is 1.41. The van der Waals surface area contributed by atoms with Crippen LogP contribution in [0, 0.1) is 0 Å². The average molecular weight is 224 g/mol. The van der Waals surface area contributed by atoms with Crippen molar-refractivity contribution in [3.8, 4) is 0 Å². The van der Waals surface area contributed by atoms with Crippen molar-refractivity contribution in [3.05, 3.63) is 12.3 Å². The Morgan fingerprint density at radius 2 is 2.19 bits per heavy atom. The summed E-state index contributed by atoms with van der Waals surface area (Å²) >= 11 is 0. The molecule has 0 aliphatic rings. The van der Waals surface area contributed by atoms with E-state index in [1.165, 1.54) is 0 Å². The summed E-state index contributed by atoms with van der Waals surface area (Å²) in [5.41, 5.74) is -0.738. The Morgan fingerprint density at radius 1 is 1.50 bits per heavy atom. The summed E-state index contributed by atoms with van der Waals surface area (Å²) in [4.78, 5) is 10.3. The van der Waals surface area contributed by atoms with Gasteiger partial charge in [0.15, 0.2) is 0 Å². The maximum Gasteiger partial charge on any atom is 0.224 e. The predicted molar refractivity (Wildman–Crippen MR) is 65.8 cm³/mol. The number of hydrogen-bond donors (Lipinski definition) is 2. The third-order valence-electron chi connectivity index (χ3n) is 1.99. The second-order valence-electron chi connectivity index (χ2n) is 4.44. The number of nitrogens with zero attached hydrogens (tertiary/aromatic N) is 3. The standard InChI is InChI=1S/C11H20N4O/c1-5-12-10-13-7-6-9(14-10)15(4)8-11(2,3)16/h6-7,16H,5,8H2,1-4H3,(H,12,13,14). The minimum atomic E-state index is -0.738. The van der Waals surface area contributed by atoms with Crippen LogP contribution in [0.25, 0.3) is 0 Å². The zero-order valence-corrected chi connectivity index (χ0v) is 10.4. The van der Waals surface area contributed by atoms with Gasteiger partial charge in [-0.1, -0.05) is 0 Å². The SMILES string of the molecule is CCNc1nccc(N(C)CC(C)(C)O)n1. The third kappa shape index (κ3) is 4.02. The van der Waals surface area contributed by atoms with E-state index >= 15 is 0 Å². The molecular formula is C11H20N4O. The molecule has 0 spiro atoms. The molecule has 0 aromatic carbocycles. The van der Waals surface area contributed by atoms with Crippen molar-refractivity contribution in [1.82, 2.24) is 9.97 Å². The van der Waals surface area contributed by atoms with Crippen molar-refractivity contribution in [1.29, 1.82) is 0 Å². The maximum atomic E-state index is 9.72. The van der Waals surface area contributed by atoms with E-state index in [0.29, 0.717) is 12.5 Å². The Labute approximate surface area is 96.5 Å². The average Bonchev–Trinajstić information content (AvgIpc) is 2.16. The van der Waals surface area contributed by atoms with Gasteiger partial charge in [0.2, 0.25) is 5.95 Å². The molecule has 1 aromatic rings. The van der Waals surface area contributed by atoms with Gasteiger partial charge < -0.3 is 15.3 Å². The first-order chi connectivity index (χ1) is 7.42. The summed E-state index contributed by atoms with van der Waals surface area (Å²) in [7, 11) is 1.90. The van der Waals surface area contributed by atoms with Gasteiger partial charge >= 0.3 is 0 Å². The van der Waals surface area contributed by atoms with Crippen LogP contribution in [-0.2, 0) is 0 Å². The van der Waals surface area contributed by atoms with E-state index < -0.39 is 5.60 Å². The highest BCUT2D eigenvalue weighted by atomic mass is 16.3. The van der Waals surface area contributed by atoms with Crippen molar-refractivity contribution >= 4 is 11.8 Å². The first kappa shape index (κ1) is 12.7. The highest BCUT2D eigenvalue weighted by molar-refractivity contribution is 5.41. The van der Waals surface area contributed by atoms with Crippen molar-refractivity contribution in [3.63, 3.8) is 0 Å². The van der Waals surface area contributed by atoms with Crippen LogP contribution in [0.15, 0.2) is 12.3 Å². The van der Waals surface area contributed by atoms with Crippen LogP contribution < -0.4 is 10.2 Å². The number of likely N-dealkylation sites (N-methyl/N-ethyl adjacent to an activating group) is 1. The molecule has 0 aliphatic carbocycles. The fourth-order valence-electron chi connectivity index (χ4n) is 1.47. The molecule has 5 heteroatoms. The van der Waals surface area contributed by atoms with E-state index in [1.807, 2.05) is 24.9 Å². The van der Waals surface area contributed by atoms with Gasteiger partial charge in [0.1, 0.15) is 5.82 Å². The van der Waals surface area contributed by atoms with Gasteiger partial charge in [-0.15, -0.1) is 0 Å². The van der Waals surface area contributed by atoms with E-state index in [1.54, 1.807) is 20.0 Å². The van der Waals surface area contributed by atoms with Crippen LogP contribution >= 0.6 is 0 Å². The van der Waals surface area contributed by atoms with Gasteiger partial charge in [-0.2, -0.15) is 4.98 Å². The van der Waals surface area contributed by atoms with E-state index in [-0.39, 0.29) is 0 Å². The highest BCUT2D eigenvalue weighted by Crippen LogP contribution is 2.13. The molecule has 0 fully saturated rings. The van der Waals surface area contributed by atoms with E-state index in [2.05, 4.69) is 15.3 Å². The Kier molecular flexibility index (Phi) is 4.06. The molecule has 0 radical (unpaired) electrons. The summed E-state index contributed by atoms with van der Waals surface area (Å²) < 4.78 is 0. The molecule has 0 saturated carbocycles. The second-order valence-corrected chi connectivity index (χ2v) is 4.44. The number of aliphatic hydroxyl groups is 1. The first-order valence-corrected chi connectivity index (χ1v) is 5.43. The molecule has 5 nitrogen and oxygen atoms in total. The number of anilines is 2. The molecule has 1 aromatic heterocycles. The molecular weight excluding hydrogens is 204 g/mol. The topological polar surface area (TPSA) is 61.3 Å². The second kappa shape index (κ2) is 5.12. The molecule has 90 valence electrons. The summed E-state index contributed by atoms with van der Waals surface area (Å²) in [5, 5.41) is 12.8. The predicted octanol–water partition coefficient (Wildman–Crippen LogP) is 1.12. The first-order valence-electron chi connectivity index (χ1n) is 5.43. The molecule has 0 aliphatic heterocycles.